The first-order valence-electron chi connectivity index (χ1n) is 7.38. The lowest BCUT2D eigenvalue weighted by molar-refractivity contribution is -0.123. The average molecular weight is 331 g/mol. The molecular formula is C18H18FNO4. The van der Waals surface area contributed by atoms with Crippen molar-refractivity contribution in [2.75, 3.05) is 5.32 Å². The number of carbonyl (C=O) groups excluding carboxylic acids is 2. The lowest BCUT2D eigenvalue weighted by Gasteiger charge is -2.14. The Kier molecular flexibility index (Phi) is 5.65. The van der Waals surface area contributed by atoms with Gasteiger partial charge in [-0.05, 0) is 49.2 Å². The minimum Gasteiger partial charge on any atom is -0.449 e. The molecule has 0 saturated carbocycles. The second-order valence-electron chi connectivity index (χ2n) is 5.36. The number of amides is 1. The van der Waals surface area contributed by atoms with Crippen LogP contribution in [0.5, 0.6) is 0 Å². The van der Waals surface area contributed by atoms with Gasteiger partial charge in [0, 0.05) is 5.69 Å². The topological polar surface area (TPSA) is 75.6 Å². The summed E-state index contributed by atoms with van der Waals surface area (Å²) in [5.41, 5.74) is 1.70. The predicted octanol–water partition coefficient (Wildman–Crippen LogP) is 2.81. The summed E-state index contributed by atoms with van der Waals surface area (Å²) in [7, 11) is 0. The Bertz CT molecular complexity index is 743. The van der Waals surface area contributed by atoms with E-state index in [4.69, 9.17) is 9.84 Å². The van der Waals surface area contributed by atoms with Crippen molar-refractivity contribution in [3.63, 3.8) is 0 Å². The zero-order valence-corrected chi connectivity index (χ0v) is 13.4. The number of hydrogen-bond donors (Lipinski definition) is 2. The molecule has 0 aliphatic rings. The van der Waals surface area contributed by atoms with Crippen LogP contribution in [0.25, 0.3) is 0 Å². The maximum atomic E-state index is 13.5. The van der Waals surface area contributed by atoms with Crippen molar-refractivity contribution >= 4 is 17.6 Å². The lowest BCUT2D eigenvalue weighted by Crippen LogP contribution is -2.30. The number of aliphatic hydroxyl groups is 1. The van der Waals surface area contributed by atoms with E-state index >= 15 is 0 Å². The van der Waals surface area contributed by atoms with Crippen LogP contribution >= 0.6 is 0 Å². The molecule has 5 nitrogen and oxygen atoms in total. The Morgan fingerprint density at radius 3 is 2.46 bits per heavy atom. The number of rotatable bonds is 5. The van der Waals surface area contributed by atoms with Gasteiger partial charge in [0.1, 0.15) is 5.82 Å². The van der Waals surface area contributed by atoms with Gasteiger partial charge in [-0.3, -0.25) is 4.79 Å². The standard InChI is InChI=1S/C18H18FNO4/c1-11-3-8-15(9-16(11)19)20-17(22)12(2)24-18(23)14-6-4-13(10-21)5-7-14/h3-9,12,21H,10H2,1-2H3,(H,20,22). The summed E-state index contributed by atoms with van der Waals surface area (Å²) in [6, 6.07) is 10.5. The van der Waals surface area contributed by atoms with Crippen LogP contribution in [0, 0.1) is 12.7 Å². The Morgan fingerprint density at radius 2 is 1.88 bits per heavy atom. The molecule has 2 aromatic carbocycles. The summed E-state index contributed by atoms with van der Waals surface area (Å²) in [4.78, 5) is 24.0. The Hall–Kier alpha value is -2.73. The predicted molar refractivity (Wildman–Crippen MR) is 87.0 cm³/mol. The lowest BCUT2D eigenvalue weighted by atomic mass is 10.1. The minimum atomic E-state index is -1.04. The molecule has 6 heteroatoms. The van der Waals surface area contributed by atoms with Crippen LogP contribution in [0.15, 0.2) is 42.5 Å². The fourth-order valence-electron chi connectivity index (χ4n) is 1.94. The number of carbonyl (C=O) groups is 2. The number of nitrogens with one attached hydrogen (secondary N) is 1. The Labute approximate surface area is 139 Å². The minimum absolute atomic E-state index is 0.124. The first kappa shape index (κ1) is 17.6. The summed E-state index contributed by atoms with van der Waals surface area (Å²) in [6.07, 6.45) is -1.04. The SMILES string of the molecule is Cc1ccc(NC(=O)C(C)OC(=O)c2ccc(CO)cc2)cc1F. The van der Waals surface area contributed by atoms with Crippen LogP contribution in [0.2, 0.25) is 0 Å². The highest BCUT2D eigenvalue weighted by molar-refractivity contribution is 5.97. The molecule has 1 atom stereocenters. The number of halogens is 1. The van der Waals surface area contributed by atoms with E-state index in [1.54, 1.807) is 31.2 Å². The number of aliphatic hydroxyl groups excluding tert-OH is 1. The van der Waals surface area contributed by atoms with E-state index in [-0.39, 0.29) is 12.2 Å². The van der Waals surface area contributed by atoms with Gasteiger partial charge in [-0.25, -0.2) is 9.18 Å². The molecule has 0 aliphatic heterocycles. The highest BCUT2D eigenvalue weighted by atomic mass is 19.1. The van der Waals surface area contributed by atoms with Crippen molar-refractivity contribution in [3.8, 4) is 0 Å². The first-order chi connectivity index (χ1) is 11.4. The van der Waals surface area contributed by atoms with Crippen LogP contribution in [0.1, 0.15) is 28.4 Å². The van der Waals surface area contributed by atoms with Gasteiger partial charge in [0.25, 0.3) is 5.91 Å². The van der Waals surface area contributed by atoms with E-state index in [1.165, 1.54) is 25.1 Å². The summed E-state index contributed by atoms with van der Waals surface area (Å²) < 4.78 is 18.6. The Morgan fingerprint density at radius 1 is 1.21 bits per heavy atom. The van der Waals surface area contributed by atoms with Gasteiger partial charge in [-0.2, -0.15) is 0 Å². The van der Waals surface area contributed by atoms with E-state index in [1.807, 2.05) is 0 Å². The third-order valence-electron chi connectivity index (χ3n) is 3.46. The second-order valence-corrected chi connectivity index (χ2v) is 5.36. The largest absolute Gasteiger partial charge is 0.449 e. The number of hydrogen-bond acceptors (Lipinski definition) is 4. The number of anilines is 1. The molecule has 1 unspecified atom stereocenters. The quantitative estimate of drug-likeness (QED) is 0.826. The average Bonchev–Trinajstić information content (AvgIpc) is 2.58. The maximum absolute atomic E-state index is 13.5. The molecule has 2 N–H and O–H groups in total. The van der Waals surface area contributed by atoms with Crippen molar-refractivity contribution in [1.29, 1.82) is 0 Å². The van der Waals surface area contributed by atoms with Crippen molar-refractivity contribution in [1.82, 2.24) is 0 Å². The molecule has 0 aromatic heterocycles. The van der Waals surface area contributed by atoms with Crippen LogP contribution in [0.3, 0.4) is 0 Å². The normalized spacial score (nSPS) is 11.7. The van der Waals surface area contributed by atoms with Crippen molar-refractivity contribution in [2.24, 2.45) is 0 Å². The zero-order chi connectivity index (χ0) is 17.7. The second kappa shape index (κ2) is 7.70. The molecule has 0 saturated heterocycles. The molecule has 126 valence electrons. The van der Waals surface area contributed by atoms with Crippen molar-refractivity contribution in [2.45, 2.75) is 26.6 Å². The molecule has 0 fully saturated rings. The molecule has 2 rings (SSSR count). The fraction of sp³-hybridized carbons (Fsp3) is 0.222. The molecular weight excluding hydrogens is 313 g/mol. The highest BCUT2D eigenvalue weighted by Gasteiger charge is 2.19. The van der Waals surface area contributed by atoms with Crippen LogP contribution < -0.4 is 5.32 Å². The van der Waals surface area contributed by atoms with Gasteiger partial charge in [0.15, 0.2) is 6.10 Å². The molecule has 0 aliphatic carbocycles. The summed E-state index contributed by atoms with van der Waals surface area (Å²) in [6.45, 7) is 2.93. The molecule has 2 aromatic rings. The third-order valence-corrected chi connectivity index (χ3v) is 3.46. The number of ether oxygens (including phenoxy) is 1. The fourth-order valence-corrected chi connectivity index (χ4v) is 1.94. The van der Waals surface area contributed by atoms with E-state index < -0.39 is 23.8 Å². The molecule has 0 heterocycles. The van der Waals surface area contributed by atoms with Crippen LogP contribution in [-0.2, 0) is 16.1 Å². The monoisotopic (exact) mass is 331 g/mol. The van der Waals surface area contributed by atoms with Crippen LogP contribution in [-0.4, -0.2) is 23.1 Å². The molecule has 1 amide bonds. The van der Waals surface area contributed by atoms with E-state index in [9.17, 15) is 14.0 Å². The number of aryl methyl sites for hydroxylation is 1. The molecule has 0 spiro atoms. The summed E-state index contributed by atoms with van der Waals surface area (Å²) in [5.74, 6) is -1.64. The van der Waals surface area contributed by atoms with Crippen molar-refractivity contribution < 1.29 is 23.8 Å². The summed E-state index contributed by atoms with van der Waals surface area (Å²) >= 11 is 0. The van der Waals surface area contributed by atoms with Crippen molar-refractivity contribution in [3.05, 3.63) is 65.0 Å². The van der Waals surface area contributed by atoms with Crippen LogP contribution in [0.4, 0.5) is 10.1 Å². The maximum Gasteiger partial charge on any atom is 0.338 e. The smallest absolute Gasteiger partial charge is 0.338 e. The van der Waals surface area contributed by atoms with Gasteiger partial charge in [-0.1, -0.05) is 18.2 Å². The molecule has 24 heavy (non-hydrogen) atoms. The highest BCUT2D eigenvalue weighted by Crippen LogP contribution is 2.14. The number of benzene rings is 2. The van der Waals surface area contributed by atoms with E-state index in [0.717, 1.165) is 0 Å². The van der Waals surface area contributed by atoms with E-state index in [0.29, 0.717) is 16.8 Å². The number of esters is 1. The van der Waals surface area contributed by atoms with Gasteiger partial charge in [0.05, 0.1) is 12.2 Å². The van der Waals surface area contributed by atoms with Gasteiger partial charge in [0.2, 0.25) is 0 Å². The van der Waals surface area contributed by atoms with Gasteiger partial charge < -0.3 is 15.2 Å². The third kappa shape index (κ3) is 4.39. The zero-order valence-electron chi connectivity index (χ0n) is 13.4. The summed E-state index contributed by atoms with van der Waals surface area (Å²) in [5, 5.41) is 11.5. The van der Waals surface area contributed by atoms with Gasteiger partial charge in [-0.15, -0.1) is 0 Å². The first-order valence-corrected chi connectivity index (χ1v) is 7.38. The van der Waals surface area contributed by atoms with E-state index in [2.05, 4.69) is 5.32 Å². The molecule has 0 radical (unpaired) electrons. The Balaban J connectivity index is 1.97. The van der Waals surface area contributed by atoms with Gasteiger partial charge >= 0.3 is 5.97 Å². The molecule has 0 bridgehead atoms.